The molecule has 0 fully saturated rings. The molecule has 0 amide bonds. The zero-order valence-corrected chi connectivity index (χ0v) is 12.6. The lowest BCUT2D eigenvalue weighted by Crippen LogP contribution is -2.02. The Balaban J connectivity index is 2.46. The van der Waals surface area contributed by atoms with Crippen molar-refractivity contribution in [1.82, 2.24) is 15.0 Å². The van der Waals surface area contributed by atoms with Crippen LogP contribution < -0.4 is 10.1 Å². The van der Waals surface area contributed by atoms with Gasteiger partial charge < -0.3 is 10.1 Å². The lowest BCUT2D eigenvalue weighted by molar-refractivity contribution is -0.385. The third kappa shape index (κ3) is 3.52. The molecule has 0 bridgehead atoms. The first-order valence-electron chi connectivity index (χ1n) is 5.31. The predicted molar refractivity (Wildman–Crippen MR) is 75.2 cm³/mol. The van der Waals surface area contributed by atoms with Gasteiger partial charge in [-0.25, -0.2) is 4.39 Å². The Kier molecular flexibility index (Phi) is 4.48. The standard InChI is InChI=1S/C10H6BrClFN5O3/c1-14-9-15-8(12)16-10(17-9)21-7-3-5(13)4(11)2-6(7)18(19)20/h2-3H,1H3,(H,14,15,16,17). The van der Waals surface area contributed by atoms with Gasteiger partial charge in [-0.3, -0.25) is 10.1 Å². The molecule has 1 aromatic carbocycles. The summed E-state index contributed by atoms with van der Waals surface area (Å²) in [6, 6.07) is 1.52. The molecule has 2 aromatic rings. The summed E-state index contributed by atoms with van der Waals surface area (Å²) >= 11 is 8.52. The highest BCUT2D eigenvalue weighted by Crippen LogP contribution is 2.34. The monoisotopic (exact) mass is 377 g/mol. The largest absolute Gasteiger partial charge is 0.417 e. The van der Waals surface area contributed by atoms with Crippen molar-refractivity contribution in [3.05, 3.63) is 37.8 Å². The van der Waals surface area contributed by atoms with Crippen molar-refractivity contribution >= 4 is 39.2 Å². The smallest absolute Gasteiger partial charge is 0.328 e. The quantitative estimate of drug-likeness (QED) is 0.644. The molecule has 1 heterocycles. The van der Waals surface area contributed by atoms with E-state index in [4.69, 9.17) is 16.3 Å². The van der Waals surface area contributed by atoms with Gasteiger partial charge in [0.1, 0.15) is 5.82 Å². The van der Waals surface area contributed by atoms with Gasteiger partial charge in [0.2, 0.25) is 17.0 Å². The molecule has 8 nitrogen and oxygen atoms in total. The Morgan fingerprint density at radius 3 is 2.76 bits per heavy atom. The average molecular weight is 379 g/mol. The summed E-state index contributed by atoms with van der Waals surface area (Å²) in [4.78, 5) is 21.4. The first-order valence-corrected chi connectivity index (χ1v) is 6.48. The van der Waals surface area contributed by atoms with Crippen LogP contribution in [0, 0.1) is 15.9 Å². The van der Waals surface area contributed by atoms with Crippen LogP contribution in [0.25, 0.3) is 0 Å². The summed E-state index contributed by atoms with van der Waals surface area (Å²) in [5.74, 6) is -0.986. The number of nitrogens with zero attached hydrogens (tertiary/aromatic N) is 4. The average Bonchev–Trinajstić information content (AvgIpc) is 2.41. The lowest BCUT2D eigenvalue weighted by Gasteiger charge is -2.07. The summed E-state index contributed by atoms with van der Waals surface area (Å²) in [5, 5.41) is 13.4. The second-order valence-corrected chi connectivity index (χ2v) is 4.75. The molecule has 0 aliphatic rings. The zero-order valence-electron chi connectivity index (χ0n) is 10.3. The fourth-order valence-corrected chi connectivity index (χ4v) is 1.81. The minimum atomic E-state index is -0.732. The number of nitro groups is 1. The van der Waals surface area contributed by atoms with Crippen LogP contribution >= 0.6 is 27.5 Å². The number of aromatic nitrogens is 3. The third-order valence-electron chi connectivity index (χ3n) is 2.21. The molecule has 0 aliphatic heterocycles. The minimum absolute atomic E-state index is 0.0638. The van der Waals surface area contributed by atoms with Crippen LogP contribution in [-0.4, -0.2) is 26.9 Å². The van der Waals surface area contributed by atoms with Gasteiger partial charge in [0.05, 0.1) is 9.40 Å². The van der Waals surface area contributed by atoms with Crippen LogP contribution in [0.5, 0.6) is 11.8 Å². The van der Waals surface area contributed by atoms with Crippen LogP contribution in [0.2, 0.25) is 5.28 Å². The van der Waals surface area contributed by atoms with Crippen molar-refractivity contribution in [1.29, 1.82) is 0 Å². The molecule has 1 N–H and O–H groups in total. The molecule has 0 aliphatic carbocycles. The van der Waals surface area contributed by atoms with Gasteiger partial charge in [0.25, 0.3) is 0 Å². The van der Waals surface area contributed by atoms with Gasteiger partial charge in [-0.1, -0.05) is 0 Å². The first kappa shape index (κ1) is 15.3. The molecule has 0 atom stereocenters. The van der Waals surface area contributed by atoms with E-state index in [1.807, 2.05) is 0 Å². The molecule has 0 radical (unpaired) electrons. The van der Waals surface area contributed by atoms with Gasteiger partial charge in [-0.05, 0) is 27.5 Å². The van der Waals surface area contributed by atoms with Gasteiger partial charge in [0, 0.05) is 19.2 Å². The Labute approximate surface area is 130 Å². The molecule has 11 heteroatoms. The maximum atomic E-state index is 13.5. The fraction of sp³-hybridized carbons (Fsp3) is 0.100. The SMILES string of the molecule is CNc1nc(Cl)nc(Oc2cc(F)c(Br)cc2[N+](=O)[O-])n1. The second kappa shape index (κ2) is 6.14. The lowest BCUT2D eigenvalue weighted by atomic mass is 10.3. The molecule has 0 saturated carbocycles. The number of nitrogens with one attached hydrogen (secondary N) is 1. The van der Waals surface area contributed by atoms with E-state index in [0.717, 1.165) is 12.1 Å². The van der Waals surface area contributed by atoms with Crippen molar-refractivity contribution in [3.63, 3.8) is 0 Å². The Hall–Kier alpha value is -2.07. The predicted octanol–water partition coefficient (Wildman–Crippen LogP) is 3.17. The van der Waals surface area contributed by atoms with E-state index >= 15 is 0 Å². The number of rotatable bonds is 4. The van der Waals surface area contributed by atoms with Crippen LogP contribution in [-0.2, 0) is 0 Å². The number of anilines is 1. The Morgan fingerprint density at radius 2 is 2.14 bits per heavy atom. The molecule has 21 heavy (non-hydrogen) atoms. The molecule has 1 aromatic heterocycles. The van der Waals surface area contributed by atoms with Crippen LogP contribution in [0.1, 0.15) is 0 Å². The van der Waals surface area contributed by atoms with Crippen molar-refractivity contribution in [2.75, 3.05) is 12.4 Å². The normalized spacial score (nSPS) is 10.3. The van der Waals surface area contributed by atoms with Crippen molar-refractivity contribution < 1.29 is 14.1 Å². The van der Waals surface area contributed by atoms with Crippen molar-refractivity contribution in [2.24, 2.45) is 0 Å². The fourth-order valence-electron chi connectivity index (χ4n) is 1.33. The number of nitro benzene ring substituents is 1. The highest BCUT2D eigenvalue weighted by molar-refractivity contribution is 9.10. The second-order valence-electron chi connectivity index (χ2n) is 3.55. The third-order valence-corrected chi connectivity index (χ3v) is 2.99. The Bertz CT molecular complexity index is 717. The summed E-state index contributed by atoms with van der Waals surface area (Å²) in [5.41, 5.74) is -0.453. The summed E-state index contributed by atoms with van der Waals surface area (Å²) in [6.45, 7) is 0. The number of ether oxygens (including phenoxy) is 1. The van der Waals surface area contributed by atoms with Crippen molar-refractivity contribution in [2.45, 2.75) is 0 Å². The summed E-state index contributed by atoms with van der Waals surface area (Å²) in [6.07, 6.45) is 0. The van der Waals surface area contributed by atoms with E-state index in [1.165, 1.54) is 7.05 Å². The summed E-state index contributed by atoms with van der Waals surface area (Å²) < 4.78 is 18.6. The molecular weight excluding hydrogens is 372 g/mol. The van der Waals surface area contributed by atoms with E-state index in [9.17, 15) is 14.5 Å². The zero-order chi connectivity index (χ0) is 15.6. The van der Waals surface area contributed by atoms with Crippen LogP contribution in [0.3, 0.4) is 0 Å². The van der Waals surface area contributed by atoms with Gasteiger partial charge in [0.15, 0.2) is 0 Å². The van der Waals surface area contributed by atoms with E-state index in [2.05, 4.69) is 36.2 Å². The number of hydrogen-bond donors (Lipinski definition) is 1. The van der Waals surface area contributed by atoms with E-state index in [0.29, 0.717) is 0 Å². The number of hydrogen-bond acceptors (Lipinski definition) is 7. The number of benzene rings is 1. The van der Waals surface area contributed by atoms with Crippen molar-refractivity contribution in [3.8, 4) is 11.8 Å². The van der Waals surface area contributed by atoms with E-state index in [-0.39, 0.29) is 27.5 Å². The molecule has 0 spiro atoms. The highest BCUT2D eigenvalue weighted by atomic mass is 79.9. The summed E-state index contributed by atoms with van der Waals surface area (Å²) in [7, 11) is 1.54. The topological polar surface area (TPSA) is 103 Å². The van der Waals surface area contributed by atoms with E-state index < -0.39 is 16.4 Å². The molecule has 0 saturated heterocycles. The van der Waals surface area contributed by atoms with Crippen LogP contribution in [0.15, 0.2) is 16.6 Å². The molecule has 0 unspecified atom stereocenters. The first-order chi connectivity index (χ1) is 9.90. The molecule has 110 valence electrons. The highest BCUT2D eigenvalue weighted by Gasteiger charge is 2.21. The van der Waals surface area contributed by atoms with Gasteiger partial charge in [-0.15, -0.1) is 0 Å². The van der Waals surface area contributed by atoms with Crippen LogP contribution in [0.4, 0.5) is 16.0 Å². The Morgan fingerprint density at radius 1 is 1.43 bits per heavy atom. The van der Waals surface area contributed by atoms with E-state index in [1.54, 1.807) is 0 Å². The maximum Gasteiger partial charge on any atom is 0.328 e. The maximum absolute atomic E-state index is 13.5. The number of halogens is 3. The van der Waals surface area contributed by atoms with Gasteiger partial charge in [-0.2, -0.15) is 15.0 Å². The molecular formula is C10H6BrClFN5O3. The molecule has 2 rings (SSSR count). The van der Waals surface area contributed by atoms with Gasteiger partial charge >= 0.3 is 11.7 Å². The minimum Gasteiger partial charge on any atom is -0.417 e.